The lowest BCUT2D eigenvalue weighted by atomic mass is 10.2. The first kappa shape index (κ1) is 12.5. The topological polar surface area (TPSA) is 21.3 Å². The molecule has 0 spiro atoms. The molecule has 0 heterocycles. The van der Waals surface area contributed by atoms with Crippen LogP contribution in [0.15, 0.2) is 22.7 Å². The van der Waals surface area contributed by atoms with E-state index in [1.165, 1.54) is 5.56 Å². The van der Waals surface area contributed by atoms with Crippen molar-refractivity contribution in [2.45, 2.75) is 32.9 Å². The first-order chi connectivity index (χ1) is 7.17. The Hall–Kier alpha value is -0.540. The molecule has 0 amide bonds. The minimum Gasteiger partial charge on any atom is -0.490 e. The van der Waals surface area contributed by atoms with Gasteiger partial charge in [0.15, 0.2) is 0 Å². The highest BCUT2D eigenvalue weighted by molar-refractivity contribution is 9.10. The minimum absolute atomic E-state index is 0.261. The molecule has 0 fully saturated rings. The summed E-state index contributed by atoms with van der Waals surface area (Å²) in [6.07, 6.45) is 1.28. The lowest BCUT2D eigenvalue weighted by Crippen LogP contribution is -2.10. The molecule has 0 aliphatic rings. The van der Waals surface area contributed by atoms with Gasteiger partial charge in [-0.1, -0.05) is 13.0 Å². The van der Waals surface area contributed by atoms with E-state index in [0.717, 1.165) is 23.2 Å². The minimum atomic E-state index is 0.261. The van der Waals surface area contributed by atoms with E-state index in [4.69, 9.17) is 4.74 Å². The van der Waals surface area contributed by atoms with Crippen molar-refractivity contribution in [3.8, 4) is 5.75 Å². The molecule has 0 aliphatic carbocycles. The van der Waals surface area contributed by atoms with Crippen LogP contribution in [0.3, 0.4) is 0 Å². The summed E-state index contributed by atoms with van der Waals surface area (Å²) in [6.45, 7) is 5.07. The van der Waals surface area contributed by atoms with Gasteiger partial charge in [-0.05, 0) is 54.0 Å². The lowest BCUT2D eigenvalue weighted by Gasteiger charge is -2.14. The van der Waals surface area contributed by atoms with Crippen molar-refractivity contribution in [3.63, 3.8) is 0 Å². The molecule has 15 heavy (non-hydrogen) atoms. The van der Waals surface area contributed by atoms with Gasteiger partial charge in [0.1, 0.15) is 5.75 Å². The molecule has 0 saturated heterocycles. The maximum Gasteiger partial charge on any atom is 0.133 e. The monoisotopic (exact) mass is 271 g/mol. The van der Waals surface area contributed by atoms with Crippen molar-refractivity contribution < 1.29 is 4.74 Å². The Labute approximate surface area is 100 Å². The molecule has 0 aliphatic heterocycles. The molecule has 1 aromatic rings. The fraction of sp³-hybridized carbons (Fsp3) is 0.500. The van der Waals surface area contributed by atoms with Crippen LogP contribution >= 0.6 is 15.9 Å². The Morgan fingerprint density at radius 2 is 2.20 bits per heavy atom. The zero-order valence-corrected chi connectivity index (χ0v) is 11.1. The molecule has 84 valence electrons. The molecular weight excluding hydrogens is 254 g/mol. The predicted octanol–water partition coefficient (Wildman–Crippen LogP) is 3.35. The normalized spacial score (nSPS) is 12.5. The smallest absolute Gasteiger partial charge is 0.133 e. The average Bonchev–Trinajstić information content (AvgIpc) is 2.22. The Morgan fingerprint density at radius 1 is 1.47 bits per heavy atom. The van der Waals surface area contributed by atoms with Crippen molar-refractivity contribution in [2.24, 2.45) is 0 Å². The van der Waals surface area contributed by atoms with E-state index < -0.39 is 0 Å². The lowest BCUT2D eigenvalue weighted by molar-refractivity contribution is 0.216. The molecule has 1 rings (SSSR count). The third-order valence-corrected chi connectivity index (χ3v) is 2.90. The predicted molar refractivity (Wildman–Crippen MR) is 67.3 cm³/mol. The van der Waals surface area contributed by atoms with E-state index in [1.54, 1.807) is 0 Å². The summed E-state index contributed by atoms with van der Waals surface area (Å²) in [6, 6.07) is 6.19. The SMILES string of the molecule is CCC(C)Oc1ccc(CNC)cc1Br. The summed E-state index contributed by atoms with van der Waals surface area (Å²) in [4.78, 5) is 0. The second-order valence-corrected chi connectivity index (χ2v) is 4.49. The second-order valence-electron chi connectivity index (χ2n) is 3.63. The number of halogens is 1. The van der Waals surface area contributed by atoms with Crippen molar-refractivity contribution in [1.82, 2.24) is 5.32 Å². The van der Waals surface area contributed by atoms with E-state index >= 15 is 0 Å². The molecular formula is C12H18BrNO. The van der Waals surface area contributed by atoms with Gasteiger partial charge in [0, 0.05) is 6.54 Å². The van der Waals surface area contributed by atoms with Crippen LogP contribution in [0.2, 0.25) is 0 Å². The van der Waals surface area contributed by atoms with E-state index in [1.807, 2.05) is 13.1 Å². The standard InChI is InChI=1S/C12H18BrNO/c1-4-9(2)15-12-6-5-10(8-14-3)7-11(12)13/h5-7,9,14H,4,8H2,1-3H3. The van der Waals surface area contributed by atoms with E-state index in [-0.39, 0.29) is 6.10 Å². The molecule has 1 unspecified atom stereocenters. The number of hydrogen-bond donors (Lipinski definition) is 1. The van der Waals surface area contributed by atoms with Crippen LogP contribution in [0.5, 0.6) is 5.75 Å². The Bertz CT molecular complexity index is 314. The number of ether oxygens (including phenoxy) is 1. The Kier molecular flexibility index (Phi) is 5.12. The van der Waals surface area contributed by atoms with Crippen LogP contribution in [0.25, 0.3) is 0 Å². The molecule has 1 atom stereocenters. The van der Waals surface area contributed by atoms with Crippen LogP contribution in [-0.2, 0) is 6.54 Å². The number of hydrogen-bond acceptors (Lipinski definition) is 2. The Morgan fingerprint density at radius 3 is 2.73 bits per heavy atom. The maximum absolute atomic E-state index is 5.76. The third-order valence-electron chi connectivity index (χ3n) is 2.28. The average molecular weight is 272 g/mol. The summed E-state index contributed by atoms with van der Waals surface area (Å²) < 4.78 is 6.78. The second kappa shape index (κ2) is 6.13. The molecule has 0 bridgehead atoms. The molecule has 2 nitrogen and oxygen atoms in total. The van der Waals surface area contributed by atoms with Crippen molar-refractivity contribution in [3.05, 3.63) is 28.2 Å². The first-order valence-corrected chi connectivity index (χ1v) is 6.06. The largest absolute Gasteiger partial charge is 0.490 e. The quantitative estimate of drug-likeness (QED) is 0.887. The molecule has 0 aromatic heterocycles. The third kappa shape index (κ3) is 3.84. The van der Waals surface area contributed by atoms with E-state index in [9.17, 15) is 0 Å². The molecule has 0 saturated carbocycles. The molecule has 3 heteroatoms. The highest BCUT2D eigenvalue weighted by atomic mass is 79.9. The van der Waals surface area contributed by atoms with E-state index in [2.05, 4.69) is 47.2 Å². The van der Waals surface area contributed by atoms with Gasteiger partial charge in [0.05, 0.1) is 10.6 Å². The fourth-order valence-electron chi connectivity index (χ4n) is 1.25. The number of benzene rings is 1. The van der Waals surface area contributed by atoms with Crippen molar-refractivity contribution >= 4 is 15.9 Å². The summed E-state index contributed by atoms with van der Waals surface area (Å²) >= 11 is 3.52. The summed E-state index contributed by atoms with van der Waals surface area (Å²) in [5.74, 6) is 0.921. The van der Waals surface area contributed by atoms with Gasteiger partial charge < -0.3 is 10.1 Å². The van der Waals surface area contributed by atoms with Crippen LogP contribution in [0.4, 0.5) is 0 Å². The first-order valence-electron chi connectivity index (χ1n) is 5.27. The number of rotatable bonds is 5. The molecule has 1 N–H and O–H groups in total. The fourth-order valence-corrected chi connectivity index (χ4v) is 1.77. The summed E-state index contributed by atoms with van der Waals surface area (Å²) in [7, 11) is 1.94. The van der Waals surface area contributed by atoms with Crippen LogP contribution < -0.4 is 10.1 Å². The van der Waals surface area contributed by atoms with Gasteiger partial charge in [-0.3, -0.25) is 0 Å². The molecule has 1 aromatic carbocycles. The van der Waals surface area contributed by atoms with E-state index in [0.29, 0.717) is 0 Å². The summed E-state index contributed by atoms with van der Waals surface area (Å²) in [5.41, 5.74) is 1.25. The zero-order chi connectivity index (χ0) is 11.3. The number of nitrogens with one attached hydrogen (secondary N) is 1. The van der Waals surface area contributed by atoms with Crippen LogP contribution in [-0.4, -0.2) is 13.2 Å². The molecule has 0 radical (unpaired) electrons. The Balaban J connectivity index is 2.74. The van der Waals surface area contributed by atoms with Gasteiger partial charge in [-0.25, -0.2) is 0 Å². The van der Waals surface area contributed by atoms with Crippen molar-refractivity contribution in [2.75, 3.05) is 7.05 Å². The van der Waals surface area contributed by atoms with Gasteiger partial charge in [0.2, 0.25) is 0 Å². The highest BCUT2D eigenvalue weighted by Gasteiger charge is 2.05. The highest BCUT2D eigenvalue weighted by Crippen LogP contribution is 2.27. The van der Waals surface area contributed by atoms with Crippen molar-refractivity contribution in [1.29, 1.82) is 0 Å². The van der Waals surface area contributed by atoms with Gasteiger partial charge >= 0.3 is 0 Å². The van der Waals surface area contributed by atoms with Gasteiger partial charge in [-0.15, -0.1) is 0 Å². The van der Waals surface area contributed by atoms with Gasteiger partial charge in [0.25, 0.3) is 0 Å². The maximum atomic E-state index is 5.76. The van der Waals surface area contributed by atoms with Crippen LogP contribution in [0.1, 0.15) is 25.8 Å². The van der Waals surface area contributed by atoms with Crippen LogP contribution in [0, 0.1) is 0 Å². The zero-order valence-electron chi connectivity index (χ0n) is 9.51. The van der Waals surface area contributed by atoms with Gasteiger partial charge in [-0.2, -0.15) is 0 Å². The summed E-state index contributed by atoms with van der Waals surface area (Å²) in [5, 5.41) is 3.12.